The number of para-hydroxylation sites is 1. The highest BCUT2D eigenvalue weighted by Crippen LogP contribution is 2.30. The molecule has 0 spiro atoms. The molecule has 1 unspecified atom stereocenters. The second-order valence-electron chi connectivity index (χ2n) is 5.77. The number of hydrogen-bond donors (Lipinski definition) is 2. The Morgan fingerprint density at radius 2 is 1.88 bits per heavy atom. The van der Waals surface area contributed by atoms with Crippen molar-refractivity contribution in [2.24, 2.45) is 0 Å². The molecule has 134 valence electrons. The molecule has 0 radical (unpaired) electrons. The molecule has 0 saturated heterocycles. The molecule has 0 saturated carbocycles. The summed E-state index contributed by atoms with van der Waals surface area (Å²) in [7, 11) is 0. The number of nitrogens with zero attached hydrogens (tertiary/aromatic N) is 1. The standard InChI is InChI=1S/C20H19Cl2N3O/c1-3-13(2)15-7-4-5-9-17(15)24-12-14(11-23)20(26)25-18-10-6-8-16(21)19(18)22/h4-10,12-13,24H,3H2,1-2H3,(H,25,26)/b14-12-. The van der Waals surface area contributed by atoms with Crippen LogP contribution in [-0.2, 0) is 4.79 Å². The van der Waals surface area contributed by atoms with Crippen molar-refractivity contribution in [3.8, 4) is 6.07 Å². The summed E-state index contributed by atoms with van der Waals surface area (Å²) in [6.45, 7) is 4.24. The number of halogens is 2. The van der Waals surface area contributed by atoms with Crippen molar-refractivity contribution in [3.63, 3.8) is 0 Å². The molecule has 26 heavy (non-hydrogen) atoms. The van der Waals surface area contributed by atoms with Gasteiger partial charge in [0, 0.05) is 11.9 Å². The van der Waals surface area contributed by atoms with E-state index in [1.165, 1.54) is 6.20 Å². The van der Waals surface area contributed by atoms with Crippen LogP contribution in [0.1, 0.15) is 31.7 Å². The Morgan fingerprint density at radius 3 is 2.58 bits per heavy atom. The number of rotatable bonds is 6. The Labute approximate surface area is 163 Å². The molecule has 0 aliphatic heterocycles. The average Bonchev–Trinajstić information content (AvgIpc) is 2.65. The Bertz CT molecular complexity index is 872. The van der Waals surface area contributed by atoms with E-state index < -0.39 is 5.91 Å². The summed E-state index contributed by atoms with van der Waals surface area (Å²) >= 11 is 12.0. The van der Waals surface area contributed by atoms with Crippen LogP contribution in [-0.4, -0.2) is 5.91 Å². The van der Waals surface area contributed by atoms with Crippen LogP contribution in [0.5, 0.6) is 0 Å². The molecule has 2 rings (SSSR count). The smallest absolute Gasteiger partial charge is 0.267 e. The zero-order chi connectivity index (χ0) is 19.1. The van der Waals surface area contributed by atoms with Gasteiger partial charge < -0.3 is 10.6 Å². The monoisotopic (exact) mass is 387 g/mol. The minimum atomic E-state index is -0.565. The van der Waals surface area contributed by atoms with Crippen LogP contribution < -0.4 is 10.6 Å². The van der Waals surface area contributed by atoms with Crippen LogP contribution in [0.4, 0.5) is 11.4 Å². The highest BCUT2D eigenvalue weighted by atomic mass is 35.5. The Kier molecular flexibility index (Phi) is 7.08. The maximum Gasteiger partial charge on any atom is 0.267 e. The molecule has 0 aromatic heterocycles. The van der Waals surface area contributed by atoms with Gasteiger partial charge in [-0.05, 0) is 36.1 Å². The minimum absolute atomic E-state index is 0.0694. The van der Waals surface area contributed by atoms with E-state index in [2.05, 4.69) is 24.5 Å². The minimum Gasteiger partial charge on any atom is -0.360 e. The number of nitriles is 1. The fourth-order valence-corrected chi connectivity index (χ4v) is 2.71. The lowest BCUT2D eigenvalue weighted by atomic mass is 9.97. The second kappa shape index (κ2) is 9.28. The lowest BCUT2D eigenvalue weighted by Crippen LogP contribution is -2.15. The van der Waals surface area contributed by atoms with Crippen LogP contribution in [0.25, 0.3) is 0 Å². The third kappa shape index (κ3) is 4.78. The van der Waals surface area contributed by atoms with Gasteiger partial charge in [-0.15, -0.1) is 0 Å². The first-order chi connectivity index (χ1) is 12.5. The topological polar surface area (TPSA) is 64.9 Å². The van der Waals surface area contributed by atoms with Gasteiger partial charge in [-0.25, -0.2) is 0 Å². The SMILES string of the molecule is CCC(C)c1ccccc1N/C=C(/C#N)C(=O)Nc1cccc(Cl)c1Cl. The van der Waals surface area contributed by atoms with Crippen molar-refractivity contribution >= 4 is 40.5 Å². The van der Waals surface area contributed by atoms with Crippen molar-refractivity contribution in [2.75, 3.05) is 10.6 Å². The number of hydrogen-bond acceptors (Lipinski definition) is 3. The van der Waals surface area contributed by atoms with E-state index in [0.29, 0.717) is 16.6 Å². The van der Waals surface area contributed by atoms with Gasteiger partial charge in [-0.3, -0.25) is 4.79 Å². The van der Waals surface area contributed by atoms with Gasteiger partial charge in [0.1, 0.15) is 11.6 Å². The number of carbonyl (C=O) groups excluding carboxylic acids is 1. The van der Waals surface area contributed by atoms with E-state index in [-0.39, 0.29) is 10.6 Å². The van der Waals surface area contributed by atoms with Crippen molar-refractivity contribution in [2.45, 2.75) is 26.2 Å². The number of benzene rings is 2. The Hall–Kier alpha value is -2.48. The molecule has 4 nitrogen and oxygen atoms in total. The normalized spacial score (nSPS) is 12.2. The van der Waals surface area contributed by atoms with E-state index in [9.17, 15) is 10.1 Å². The van der Waals surface area contributed by atoms with Gasteiger partial charge >= 0.3 is 0 Å². The largest absolute Gasteiger partial charge is 0.360 e. The fraction of sp³-hybridized carbons (Fsp3) is 0.200. The van der Waals surface area contributed by atoms with Crippen LogP contribution >= 0.6 is 23.2 Å². The van der Waals surface area contributed by atoms with Gasteiger partial charge in [-0.2, -0.15) is 5.26 Å². The van der Waals surface area contributed by atoms with Crippen molar-refractivity contribution in [1.82, 2.24) is 0 Å². The highest BCUT2D eigenvalue weighted by Gasteiger charge is 2.13. The predicted octanol–water partition coefficient (Wildman–Crippen LogP) is 5.96. The summed E-state index contributed by atoms with van der Waals surface area (Å²) in [5, 5.41) is 15.5. The Balaban J connectivity index is 2.20. The predicted molar refractivity (Wildman–Crippen MR) is 108 cm³/mol. The first-order valence-electron chi connectivity index (χ1n) is 8.19. The summed E-state index contributed by atoms with van der Waals surface area (Å²) < 4.78 is 0. The summed E-state index contributed by atoms with van der Waals surface area (Å²) in [5.41, 5.74) is 2.27. The van der Waals surface area contributed by atoms with Gasteiger partial charge in [-0.1, -0.05) is 61.3 Å². The molecule has 0 bridgehead atoms. The van der Waals surface area contributed by atoms with Crippen molar-refractivity contribution < 1.29 is 4.79 Å². The van der Waals surface area contributed by atoms with Crippen molar-refractivity contribution in [1.29, 1.82) is 5.26 Å². The Morgan fingerprint density at radius 1 is 1.19 bits per heavy atom. The maximum atomic E-state index is 12.4. The first kappa shape index (κ1) is 19.8. The molecule has 6 heteroatoms. The lowest BCUT2D eigenvalue weighted by molar-refractivity contribution is -0.112. The summed E-state index contributed by atoms with van der Waals surface area (Å²) in [6.07, 6.45) is 2.39. The molecule has 2 aromatic carbocycles. The zero-order valence-corrected chi connectivity index (χ0v) is 16.0. The molecular weight excluding hydrogens is 369 g/mol. The third-order valence-electron chi connectivity index (χ3n) is 4.04. The summed E-state index contributed by atoms with van der Waals surface area (Å²) in [6, 6.07) is 14.6. The fourth-order valence-electron chi connectivity index (χ4n) is 2.37. The van der Waals surface area contributed by atoms with Crippen LogP contribution in [0.15, 0.2) is 54.2 Å². The molecule has 0 heterocycles. The molecule has 0 fully saturated rings. The summed E-state index contributed by atoms with van der Waals surface area (Å²) in [5.74, 6) is -0.207. The van der Waals surface area contributed by atoms with E-state index in [4.69, 9.17) is 23.2 Å². The van der Waals surface area contributed by atoms with E-state index in [1.807, 2.05) is 30.3 Å². The van der Waals surface area contributed by atoms with E-state index >= 15 is 0 Å². The molecule has 1 amide bonds. The first-order valence-corrected chi connectivity index (χ1v) is 8.94. The van der Waals surface area contributed by atoms with Gasteiger partial charge in [0.25, 0.3) is 5.91 Å². The molecule has 2 N–H and O–H groups in total. The molecule has 2 aromatic rings. The lowest BCUT2D eigenvalue weighted by Gasteiger charge is -2.14. The van der Waals surface area contributed by atoms with Gasteiger partial charge in [0.05, 0.1) is 15.7 Å². The molecule has 1 atom stereocenters. The summed E-state index contributed by atoms with van der Waals surface area (Å²) in [4.78, 5) is 12.4. The number of amides is 1. The molecular formula is C20H19Cl2N3O. The van der Waals surface area contributed by atoms with Crippen LogP contribution in [0.3, 0.4) is 0 Å². The van der Waals surface area contributed by atoms with Gasteiger partial charge in [0.15, 0.2) is 0 Å². The molecule has 0 aliphatic carbocycles. The maximum absolute atomic E-state index is 12.4. The molecule has 0 aliphatic rings. The number of nitrogens with one attached hydrogen (secondary N) is 2. The highest BCUT2D eigenvalue weighted by molar-refractivity contribution is 6.44. The van der Waals surface area contributed by atoms with E-state index in [1.54, 1.807) is 18.2 Å². The third-order valence-corrected chi connectivity index (χ3v) is 4.86. The van der Waals surface area contributed by atoms with Crippen LogP contribution in [0.2, 0.25) is 10.0 Å². The van der Waals surface area contributed by atoms with Gasteiger partial charge in [0.2, 0.25) is 0 Å². The van der Waals surface area contributed by atoms with Crippen molar-refractivity contribution in [3.05, 3.63) is 69.8 Å². The van der Waals surface area contributed by atoms with E-state index in [0.717, 1.165) is 17.7 Å². The second-order valence-corrected chi connectivity index (χ2v) is 6.55. The average molecular weight is 388 g/mol. The number of anilines is 2. The van der Waals surface area contributed by atoms with Crippen LogP contribution in [0, 0.1) is 11.3 Å². The quantitative estimate of drug-likeness (QED) is 0.474. The number of carbonyl (C=O) groups is 1. The zero-order valence-electron chi connectivity index (χ0n) is 14.5.